The van der Waals surface area contributed by atoms with Crippen LogP contribution in [0.25, 0.3) is 49.8 Å². The highest BCUT2D eigenvalue weighted by atomic mass is 16.3. The Hall–Kier alpha value is -3.99. The quantitative estimate of drug-likeness (QED) is 0.338. The van der Waals surface area contributed by atoms with E-state index in [2.05, 4.69) is 83.4 Å². The Kier molecular flexibility index (Phi) is 3.90. The zero-order valence-corrected chi connectivity index (χ0v) is 17.3. The molecule has 0 unspecified atom stereocenters. The van der Waals surface area contributed by atoms with E-state index in [1.807, 2.05) is 10.8 Å². The van der Waals surface area contributed by atoms with Gasteiger partial charge in [0, 0.05) is 39.8 Å². The Labute approximate surface area is 179 Å². The average molecular weight is 404 g/mol. The van der Waals surface area contributed by atoms with Crippen molar-refractivity contribution in [2.24, 2.45) is 0 Å². The van der Waals surface area contributed by atoms with Crippen LogP contribution < -0.4 is 0 Å². The van der Waals surface area contributed by atoms with Crippen LogP contribution in [0, 0.1) is 0 Å². The molecule has 3 heterocycles. The van der Waals surface area contributed by atoms with Gasteiger partial charge >= 0.3 is 0 Å². The molecule has 3 aromatic carbocycles. The Bertz CT molecular complexity index is 1560. The highest BCUT2D eigenvalue weighted by Gasteiger charge is 2.18. The molecule has 6 aromatic rings. The zero-order chi connectivity index (χ0) is 20.9. The molecule has 0 saturated heterocycles. The Morgan fingerprint density at radius 3 is 2.52 bits per heavy atom. The SMILES string of the molecule is CC(C)c1cccc2c1oc1c(-c3ncnc4cc(-n5ccnc5)ccc34)cccc12. The van der Waals surface area contributed by atoms with E-state index < -0.39 is 0 Å². The third-order valence-electron chi connectivity index (χ3n) is 5.85. The molecule has 0 N–H and O–H groups in total. The van der Waals surface area contributed by atoms with Crippen molar-refractivity contribution < 1.29 is 4.42 Å². The van der Waals surface area contributed by atoms with Crippen LogP contribution in [0.2, 0.25) is 0 Å². The third-order valence-corrected chi connectivity index (χ3v) is 5.85. The monoisotopic (exact) mass is 404 g/mol. The number of hydrogen-bond donors (Lipinski definition) is 0. The van der Waals surface area contributed by atoms with Crippen molar-refractivity contribution in [2.45, 2.75) is 19.8 Å². The van der Waals surface area contributed by atoms with Crippen molar-refractivity contribution in [3.63, 3.8) is 0 Å². The molecule has 0 saturated carbocycles. The number of imidazole rings is 1. The fourth-order valence-electron chi connectivity index (χ4n) is 4.32. The Morgan fingerprint density at radius 2 is 1.71 bits per heavy atom. The van der Waals surface area contributed by atoms with Gasteiger partial charge in [-0.1, -0.05) is 44.2 Å². The predicted octanol–water partition coefficient (Wildman–Crippen LogP) is 6.51. The molecule has 0 spiro atoms. The van der Waals surface area contributed by atoms with E-state index in [1.165, 1.54) is 5.56 Å². The van der Waals surface area contributed by atoms with Crippen LogP contribution in [0.3, 0.4) is 0 Å². The highest BCUT2D eigenvalue weighted by Crippen LogP contribution is 2.39. The topological polar surface area (TPSA) is 56.7 Å². The standard InChI is InChI=1S/C26H20N4O/c1-16(2)18-5-3-6-19-20-7-4-8-22(26(20)31-25(18)19)24-21-10-9-17(30-12-11-27-15-30)13-23(21)28-14-29-24/h3-16H,1-2H3. The van der Waals surface area contributed by atoms with Gasteiger partial charge < -0.3 is 8.98 Å². The first-order chi connectivity index (χ1) is 15.2. The fourth-order valence-corrected chi connectivity index (χ4v) is 4.32. The van der Waals surface area contributed by atoms with Gasteiger partial charge in [0.05, 0.1) is 17.5 Å². The van der Waals surface area contributed by atoms with Crippen LogP contribution >= 0.6 is 0 Å². The summed E-state index contributed by atoms with van der Waals surface area (Å²) in [5.74, 6) is 0.384. The van der Waals surface area contributed by atoms with E-state index in [-0.39, 0.29) is 0 Å². The summed E-state index contributed by atoms with van der Waals surface area (Å²) in [6.07, 6.45) is 7.09. The van der Waals surface area contributed by atoms with E-state index in [1.54, 1.807) is 18.9 Å². The van der Waals surface area contributed by atoms with Gasteiger partial charge in [-0.2, -0.15) is 0 Å². The van der Waals surface area contributed by atoms with Crippen LogP contribution in [-0.4, -0.2) is 19.5 Å². The number of hydrogen-bond acceptors (Lipinski definition) is 4. The third kappa shape index (κ3) is 2.74. The van der Waals surface area contributed by atoms with Crippen LogP contribution in [0.1, 0.15) is 25.3 Å². The predicted molar refractivity (Wildman–Crippen MR) is 123 cm³/mol. The highest BCUT2D eigenvalue weighted by molar-refractivity contribution is 6.12. The van der Waals surface area contributed by atoms with E-state index in [4.69, 9.17) is 4.42 Å². The van der Waals surface area contributed by atoms with Crippen molar-refractivity contribution in [1.82, 2.24) is 19.5 Å². The van der Waals surface area contributed by atoms with Crippen LogP contribution in [0.5, 0.6) is 0 Å². The number of furan rings is 1. The Morgan fingerprint density at radius 1 is 0.871 bits per heavy atom. The average Bonchev–Trinajstić information content (AvgIpc) is 3.46. The van der Waals surface area contributed by atoms with E-state index in [0.717, 1.165) is 49.8 Å². The summed E-state index contributed by atoms with van der Waals surface area (Å²) in [7, 11) is 0. The van der Waals surface area contributed by atoms with E-state index >= 15 is 0 Å². The van der Waals surface area contributed by atoms with Crippen LogP contribution in [0.15, 0.2) is 84.1 Å². The molecule has 0 aliphatic rings. The van der Waals surface area contributed by atoms with Crippen molar-refractivity contribution in [2.75, 3.05) is 0 Å². The molecule has 6 rings (SSSR count). The van der Waals surface area contributed by atoms with Gasteiger partial charge in [0.1, 0.15) is 17.5 Å². The minimum atomic E-state index is 0.384. The lowest BCUT2D eigenvalue weighted by molar-refractivity contribution is 0.658. The number of nitrogens with zero attached hydrogens (tertiary/aromatic N) is 4. The van der Waals surface area contributed by atoms with Gasteiger partial charge in [0.2, 0.25) is 0 Å². The number of fused-ring (bicyclic) bond motifs is 4. The van der Waals surface area contributed by atoms with Gasteiger partial charge in [0.15, 0.2) is 0 Å². The molecule has 0 bridgehead atoms. The summed E-state index contributed by atoms with van der Waals surface area (Å²) in [6, 6.07) is 18.8. The maximum Gasteiger partial charge on any atom is 0.144 e. The Balaban J connectivity index is 1.61. The normalized spacial score (nSPS) is 11.8. The molecule has 0 aliphatic carbocycles. The number of rotatable bonds is 3. The molecular formula is C26H20N4O. The smallest absolute Gasteiger partial charge is 0.144 e. The van der Waals surface area contributed by atoms with Gasteiger partial charge in [-0.15, -0.1) is 0 Å². The number of benzene rings is 3. The number of aromatic nitrogens is 4. The lowest BCUT2D eigenvalue weighted by atomic mass is 9.99. The van der Waals surface area contributed by atoms with Crippen molar-refractivity contribution in [3.8, 4) is 16.9 Å². The molecule has 0 atom stereocenters. The van der Waals surface area contributed by atoms with E-state index in [0.29, 0.717) is 5.92 Å². The first-order valence-corrected chi connectivity index (χ1v) is 10.4. The van der Waals surface area contributed by atoms with Gasteiger partial charge in [-0.25, -0.2) is 15.0 Å². The first-order valence-electron chi connectivity index (χ1n) is 10.4. The van der Waals surface area contributed by atoms with Crippen molar-refractivity contribution in [3.05, 3.63) is 85.2 Å². The van der Waals surface area contributed by atoms with Crippen LogP contribution in [-0.2, 0) is 0 Å². The summed E-state index contributed by atoms with van der Waals surface area (Å²) in [5, 5.41) is 3.24. The molecule has 0 amide bonds. The second-order valence-corrected chi connectivity index (χ2v) is 8.06. The minimum absolute atomic E-state index is 0.384. The van der Waals surface area contributed by atoms with Crippen LogP contribution in [0.4, 0.5) is 0 Å². The van der Waals surface area contributed by atoms with Crippen molar-refractivity contribution >= 4 is 32.8 Å². The maximum absolute atomic E-state index is 6.49. The molecule has 0 fully saturated rings. The molecular weight excluding hydrogens is 384 g/mol. The van der Waals surface area contributed by atoms with E-state index in [9.17, 15) is 0 Å². The second-order valence-electron chi connectivity index (χ2n) is 8.06. The first kappa shape index (κ1) is 17.8. The summed E-state index contributed by atoms with van der Waals surface area (Å²) in [6.45, 7) is 4.39. The molecule has 31 heavy (non-hydrogen) atoms. The molecule has 3 aromatic heterocycles. The van der Waals surface area contributed by atoms with Crippen molar-refractivity contribution in [1.29, 1.82) is 0 Å². The molecule has 5 heteroatoms. The van der Waals surface area contributed by atoms with Gasteiger partial charge in [-0.3, -0.25) is 0 Å². The zero-order valence-electron chi connectivity index (χ0n) is 17.3. The summed E-state index contributed by atoms with van der Waals surface area (Å²) in [5.41, 5.74) is 6.79. The molecule has 0 radical (unpaired) electrons. The second kappa shape index (κ2) is 6.77. The van der Waals surface area contributed by atoms with Gasteiger partial charge in [0.25, 0.3) is 0 Å². The maximum atomic E-state index is 6.49. The fraction of sp³-hybridized carbons (Fsp3) is 0.115. The lowest BCUT2D eigenvalue weighted by Crippen LogP contribution is -1.93. The van der Waals surface area contributed by atoms with Gasteiger partial charge in [-0.05, 0) is 35.7 Å². The largest absolute Gasteiger partial charge is 0.455 e. The molecule has 0 aliphatic heterocycles. The molecule has 5 nitrogen and oxygen atoms in total. The summed E-state index contributed by atoms with van der Waals surface area (Å²) in [4.78, 5) is 13.3. The minimum Gasteiger partial charge on any atom is -0.455 e. The summed E-state index contributed by atoms with van der Waals surface area (Å²) >= 11 is 0. The lowest BCUT2D eigenvalue weighted by Gasteiger charge is -2.08. The number of para-hydroxylation sites is 2. The summed E-state index contributed by atoms with van der Waals surface area (Å²) < 4.78 is 8.46. The molecule has 150 valence electrons.